The number of pyridine rings is 1. The summed E-state index contributed by atoms with van der Waals surface area (Å²) in [5.41, 5.74) is 7.48. The van der Waals surface area contributed by atoms with E-state index in [2.05, 4.69) is 10.3 Å². The molecule has 19 heavy (non-hydrogen) atoms. The van der Waals surface area contributed by atoms with Crippen LogP contribution in [-0.4, -0.2) is 23.9 Å². The number of nitrogen functional groups attached to an aromatic ring is 1. The Morgan fingerprint density at radius 1 is 1.26 bits per heavy atom. The van der Waals surface area contributed by atoms with Crippen molar-refractivity contribution in [3.8, 4) is 5.75 Å². The van der Waals surface area contributed by atoms with E-state index in [9.17, 15) is 4.79 Å². The van der Waals surface area contributed by atoms with Gasteiger partial charge in [-0.15, -0.1) is 0 Å². The average Bonchev–Trinajstić information content (AvgIpc) is 2.46. The predicted molar refractivity (Wildman–Crippen MR) is 72.5 cm³/mol. The minimum Gasteiger partial charge on any atom is -0.489 e. The van der Waals surface area contributed by atoms with E-state index < -0.39 is 0 Å². The molecule has 5 nitrogen and oxygen atoms in total. The van der Waals surface area contributed by atoms with Crippen molar-refractivity contribution in [2.24, 2.45) is 0 Å². The monoisotopic (exact) mass is 255 g/mol. The summed E-state index contributed by atoms with van der Waals surface area (Å²) in [5.74, 6) is 0.641. The molecule has 0 aliphatic carbocycles. The van der Waals surface area contributed by atoms with Crippen molar-refractivity contribution < 1.29 is 9.53 Å². The summed E-state index contributed by atoms with van der Waals surface area (Å²) in [6, 6.07) is 8.80. The van der Waals surface area contributed by atoms with E-state index >= 15 is 0 Å². The van der Waals surface area contributed by atoms with Gasteiger partial charge in [0, 0.05) is 12.7 Å². The summed E-state index contributed by atoms with van der Waals surface area (Å²) < 4.78 is 5.59. The molecule has 96 valence electrons. The van der Waals surface area contributed by atoms with E-state index in [-0.39, 0.29) is 11.6 Å². The van der Waals surface area contributed by atoms with E-state index in [0.29, 0.717) is 23.5 Å². The van der Waals surface area contributed by atoms with Gasteiger partial charge in [0.1, 0.15) is 12.4 Å². The summed E-state index contributed by atoms with van der Waals surface area (Å²) in [7, 11) is 0. The molecule has 0 saturated carbocycles. The van der Waals surface area contributed by atoms with Crippen LogP contribution in [0.2, 0.25) is 0 Å². The quantitative estimate of drug-likeness (QED) is 0.799. The number of fused-ring (bicyclic) bond motifs is 1. The fraction of sp³-hybridized carbons (Fsp3) is 0.143. The zero-order valence-corrected chi connectivity index (χ0v) is 10.2. The highest BCUT2D eigenvalue weighted by molar-refractivity contribution is 6.14. The molecule has 0 radical (unpaired) electrons. The van der Waals surface area contributed by atoms with Gasteiger partial charge in [0.15, 0.2) is 5.75 Å². The second kappa shape index (κ2) is 4.61. The van der Waals surface area contributed by atoms with Crippen molar-refractivity contribution in [2.45, 2.75) is 0 Å². The Kier molecular flexibility index (Phi) is 2.79. The number of nitrogens with two attached hydrogens (primary N) is 1. The number of nitrogens with zero attached hydrogens (tertiary/aromatic N) is 1. The molecule has 0 saturated heterocycles. The van der Waals surface area contributed by atoms with Gasteiger partial charge in [-0.1, -0.05) is 6.07 Å². The average molecular weight is 255 g/mol. The summed E-state index contributed by atoms with van der Waals surface area (Å²) in [5, 5.41) is 3.20. The molecule has 2 aromatic rings. The maximum atomic E-state index is 12.5. The number of hydrogen-bond acceptors (Lipinski definition) is 5. The van der Waals surface area contributed by atoms with Gasteiger partial charge in [0.05, 0.1) is 16.8 Å². The number of nitrogens with one attached hydrogen (secondary N) is 1. The molecule has 1 aliphatic heterocycles. The molecular formula is C14H13N3O2. The number of anilines is 2. The third-order valence-electron chi connectivity index (χ3n) is 3.01. The Hall–Kier alpha value is -2.56. The normalized spacial score (nSPS) is 13.1. The largest absolute Gasteiger partial charge is 0.489 e. The highest BCUT2D eigenvalue weighted by atomic mass is 16.5. The highest BCUT2D eigenvalue weighted by Gasteiger charge is 2.21. The van der Waals surface area contributed by atoms with Crippen LogP contribution in [0.1, 0.15) is 15.9 Å². The first-order valence-corrected chi connectivity index (χ1v) is 6.02. The van der Waals surface area contributed by atoms with E-state index in [4.69, 9.17) is 10.5 Å². The molecule has 0 unspecified atom stereocenters. The zero-order chi connectivity index (χ0) is 13.2. The molecule has 0 atom stereocenters. The first kappa shape index (κ1) is 11.5. The number of aromatic nitrogens is 1. The van der Waals surface area contributed by atoms with Gasteiger partial charge in [-0.3, -0.25) is 4.79 Å². The Balaban J connectivity index is 2.08. The Bertz CT molecular complexity index is 640. The van der Waals surface area contributed by atoms with Crippen molar-refractivity contribution in [3.63, 3.8) is 0 Å². The lowest BCUT2D eigenvalue weighted by Crippen LogP contribution is -2.20. The molecule has 5 heteroatoms. The van der Waals surface area contributed by atoms with Gasteiger partial charge in [0.25, 0.3) is 0 Å². The number of rotatable bonds is 2. The SMILES string of the molecule is Nc1ncccc1C(=O)c1cccc2c1OCCN2. The van der Waals surface area contributed by atoms with Crippen LogP contribution in [0.5, 0.6) is 5.75 Å². The molecule has 0 spiro atoms. The molecule has 3 rings (SSSR count). The number of benzene rings is 1. The minimum absolute atomic E-state index is 0.175. The summed E-state index contributed by atoms with van der Waals surface area (Å²) in [6.07, 6.45) is 1.56. The lowest BCUT2D eigenvalue weighted by Gasteiger charge is -2.21. The van der Waals surface area contributed by atoms with Crippen LogP contribution < -0.4 is 15.8 Å². The fourth-order valence-corrected chi connectivity index (χ4v) is 2.10. The molecule has 1 aromatic heterocycles. The second-order valence-corrected chi connectivity index (χ2v) is 4.22. The van der Waals surface area contributed by atoms with Gasteiger partial charge in [-0.05, 0) is 24.3 Å². The van der Waals surface area contributed by atoms with E-state index in [1.807, 2.05) is 12.1 Å². The lowest BCUT2D eigenvalue weighted by molar-refractivity contribution is 0.103. The van der Waals surface area contributed by atoms with Gasteiger partial charge in [-0.2, -0.15) is 0 Å². The van der Waals surface area contributed by atoms with Crippen molar-refractivity contribution in [1.29, 1.82) is 0 Å². The van der Waals surface area contributed by atoms with Crippen molar-refractivity contribution in [2.75, 3.05) is 24.2 Å². The summed E-state index contributed by atoms with van der Waals surface area (Å²) in [6.45, 7) is 1.28. The van der Waals surface area contributed by atoms with Gasteiger partial charge < -0.3 is 15.8 Å². The third kappa shape index (κ3) is 1.99. The van der Waals surface area contributed by atoms with Crippen LogP contribution in [-0.2, 0) is 0 Å². The first-order valence-electron chi connectivity index (χ1n) is 6.02. The van der Waals surface area contributed by atoms with E-state index in [1.54, 1.807) is 24.4 Å². The van der Waals surface area contributed by atoms with Gasteiger partial charge >= 0.3 is 0 Å². The van der Waals surface area contributed by atoms with Crippen LogP contribution in [0.15, 0.2) is 36.5 Å². The Labute approximate surface area is 110 Å². The van der Waals surface area contributed by atoms with E-state index in [0.717, 1.165) is 12.2 Å². The molecule has 0 amide bonds. The van der Waals surface area contributed by atoms with Crippen LogP contribution in [0.25, 0.3) is 0 Å². The molecular weight excluding hydrogens is 242 g/mol. The highest BCUT2D eigenvalue weighted by Crippen LogP contribution is 2.33. The maximum absolute atomic E-state index is 12.5. The Morgan fingerprint density at radius 2 is 2.11 bits per heavy atom. The van der Waals surface area contributed by atoms with Crippen LogP contribution >= 0.6 is 0 Å². The number of carbonyl (C=O) groups excluding carboxylic acids is 1. The standard InChI is InChI=1S/C14H13N3O2/c15-14-10(4-2-6-17-14)12(18)9-3-1-5-11-13(9)19-8-7-16-11/h1-6,16H,7-8H2,(H2,15,17). The van der Waals surface area contributed by atoms with Crippen molar-refractivity contribution in [1.82, 2.24) is 4.98 Å². The lowest BCUT2D eigenvalue weighted by atomic mass is 10.0. The number of para-hydroxylation sites is 1. The third-order valence-corrected chi connectivity index (χ3v) is 3.01. The topological polar surface area (TPSA) is 77.2 Å². The molecule has 0 bridgehead atoms. The fourth-order valence-electron chi connectivity index (χ4n) is 2.10. The molecule has 1 aromatic carbocycles. The second-order valence-electron chi connectivity index (χ2n) is 4.22. The van der Waals surface area contributed by atoms with Crippen molar-refractivity contribution >= 4 is 17.3 Å². The summed E-state index contributed by atoms with van der Waals surface area (Å²) >= 11 is 0. The number of ether oxygens (including phenoxy) is 1. The Morgan fingerprint density at radius 3 is 2.95 bits per heavy atom. The maximum Gasteiger partial charge on any atom is 0.200 e. The van der Waals surface area contributed by atoms with E-state index in [1.165, 1.54) is 0 Å². The predicted octanol–water partition coefficient (Wildman–Crippen LogP) is 1.70. The van der Waals surface area contributed by atoms with Crippen molar-refractivity contribution in [3.05, 3.63) is 47.7 Å². The molecule has 0 fully saturated rings. The molecule has 3 N–H and O–H groups in total. The number of hydrogen-bond donors (Lipinski definition) is 2. The van der Waals surface area contributed by atoms with Gasteiger partial charge in [0.2, 0.25) is 5.78 Å². The zero-order valence-electron chi connectivity index (χ0n) is 10.2. The van der Waals surface area contributed by atoms with Crippen LogP contribution in [0.4, 0.5) is 11.5 Å². The van der Waals surface area contributed by atoms with Gasteiger partial charge in [-0.25, -0.2) is 4.98 Å². The minimum atomic E-state index is -0.175. The van der Waals surface area contributed by atoms with Crippen LogP contribution in [0, 0.1) is 0 Å². The summed E-state index contributed by atoms with van der Waals surface area (Å²) in [4.78, 5) is 16.4. The smallest absolute Gasteiger partial charge is 0.200 e. The number of ketones is 1. The number of carbonyl (C=O) groups is 1. The first-order chi connectivity index (χ1) is 9.27. The molecule has 1 aliphatic rings. The molecule has 2 heterocycles. The van der Waals surface area contributed by atoms with Crippen LogP contribution in [0.3, 0.4) is 0 Å².